The van der Waals surface area contributed by atoms with Crippen molar-refractivity contribution in [3.05, 3.63) is 28.0 Å². The Morgan fingerprint density at radius 3 is 2.73 bits per heavy atom. The van der Waals surface area contributed by atoms with Gasteiger partial charge in [0.2, 0.25) is 0 Å². The SMILES string of the molecule is O=C(O)CCCc1cc(Br)c(O)cc1F. The zero-order chi connectivity index (χ0) is 11.4. The standard InChI is InChI=1S/C10H10BrFO3/c11-7-4-6(2-1-3-10(14)15)8(12)5-9(7)13/h4-5,13H,1-3H2,(H,14,15). The number of phenols is 1. The van der Waals surface area contributed by atoms with Gasteiger partial charge < -0.3 is 10.2 Å². The lowest BCUT2D eigenvalue weighted by molar-refractivity contribution is -0.137. The molecule has 0 radical (unpaired) electrons. The number of aromatic hydroxyl groups is 1. The quantitative estimate of drug-likeness (QED) is 0.889. The van der Waals surface area contributed by atoms with Crippen molar-refractivity contribution >= 4 is 21.9 Å². The van der Waals surface area contributed by atoms with Crippen LogP contribution in [0.3, 0.4) is 0 Å². The summed E-state index contributed by atoms with van der Waals surface area (Å²) in [4.78, 5) is 10.3. The van der Waals surface area contributed by atoms with E-state index in [2.05, 4.69) is 15.9 Å². The van der Waals surface area contributed by atoms with Crippen LogP contribution in [0.5, 0.6) is 5.75 Å². The summed E-state index contributed by atoms with van der Waals surface area (Å²) >= 11 is 3.07. The number of carboxylic acids is 1. The maximum atomic E-state index is 13.2. The van der Waals surface area contributed by atoms with Gasteiger partial charge in [-0.2, -0.15) is 0 Å². The van der Waals surface area contributed by atoms with E-state index in [0.29, 0.717) is 22.9 Å². The molecule has 0 aliphatic carbocycles. The highest BCUT2D eigenvalue weighted by molar-refractivity contribution is 9.10. The molecule has 0 unspecified atom stereocenters. The monoisotopic (exact) mass is 276 g/mol. The summed E-state index contributed by atoms with van der Waals surface area (Å²) in [5.41, 5.74) is 0.404. The third-order valence-electron chi connectivity index (χ3n) is 1.95. The molecule has 0 fully saturated rings. The Bertz CT molecular complexity index is 379. The predicted octanol–water partition coefficient (Wildman–Crippen LogP) is 2.70. The van der Waals surface area contributed by atoms with Crippen LogP contribution >= 0.6 is 15.9 Å². The van der Waals surface area contributed by atoms with Crippen molar-refractivity contribution in [1.82, 2.24) is 0 Å². The molecule has 0 saturated heterocycles. The fourth-order valence-electron chi connectivity index (χ4n) is 1.20. The summed E-state index contributed by atoms with van der Waals surface area (Å²) in [7, 11) is 0. The van der Waals surface area contributed by atoms with Gasteiger partial charge in [-0.1, -0.05) is 0 Å². The van der Waals surface area contributed by atoms with Crippen LogP contribution in [0.2, 0.25) is 0 Å². The summed E-state index contributed by atoms with van der Waals surface area (Å²) in [6, 6.07) is 2.48. The van der Waals surface area contributed by atoms with Gasteiger partial charge in [-0.3, -0.25) is 4.79 Å². The Morgan fingerprint density at radius 1 is 1.47 bits per heavy atom. The molecule has 1 rings (SSSR count). The van der Waals surface area contributed by atoms with Crippen LogP contribution < -0.4 is 0 Å². The molecule has 1 aromatic rings. The van der Waals surface area contributed by atoms with Crippen molar-refractivity contribution < 1.29 is 19.4 Å². The minimum absolute atomic E-state index is 0.0118. The first-order valence-electron chi connectivity index (χ1n) is 4.39. The van der Waals surface area contributed by atoms with Gasteiger partial charge in [-0.15, -0.1) is 0 Å². The molecule has 0 amide bonds. The lowest BCUT2D eigenvalue weighted by Crippen LogP contribution is -1.97. The van der Waals surface area contributed by atoms with Crippen molar-refractivity contribution in [2.24, 2.45) is 0 Å². The van der Waals surface area contributed by atoms with E-state index < -0.39 is 11.8 Å². The predicted molar refractivity (Wildman–Crippen MR) is 56.3 cm³/mol. The number of rotatable bonds is 4. The van der Waals surface area contributed by atoms with E-state index in [4.69, 9.17) is 10.2 Å². The number of halogens is 2. The lowest BCUT2D eigenvalue weighted by Gasteiger charge is -2.04. The van der Waals surface area contributed by atoms with Gasteiger partial charge in [0.15, 0.2) is 0 Å². The highest BCUT2D eigenvalue weighted by Crippen LogP contribution is 2.27. The fraction of sp³-hybridized carbons (Fsp3) is 0.300. The summed E-state index contributed by atoms with van der Waals surface area (Å²) in [5.74, 6) is -1.57. The Balaban J connectivity index is 2.69. The molecule has 0 spiro atoms. The number of aryl methyl sites for hydroxylation is 1. The molecule has 0 saturated carbocycles. The second kappa shape index (κ2) is 5.11. The second-order valence-corrected chi connectivity index (χ2v) is 4.00. The van der Waals surface area contributed by atoms with E-state index in [1.165, 1.54) is 6.07 Å². The number of phenolic OH excluding ortho intramolecular Hbond substituents is 1. The van der Waals surface area contributed by atoms with Crippen molar-refractivity contribution in [3.8, 4) is 5.75 Å². The molecule has 0 atom stereocenters. The fourth-order valence-corrected chi connectivity index (χ4v) is 1.59. The van der Waals surface area contributed by atoms with Crippen molar-refractivity contribution in [2.75, 3.05) is 0 Å². The Morgan fingerprint density at radius 2 is 2.13 bits per heavy atom. The molecule has 5 heteroatoms. The highest BCUT2D eigenvalue weighted by atomic mass is 79.9. The van der Waals surface area contributed by atoms with Crippen LogP contribution in [0.25, 0.3) is 0 Å². The van der Waals surface area contributed by atoms with Crippen molar-refractivity contribution in [1.29, 1.82) is 0 Å². The van der Waals surface area contributed by atoms with Crippen molar-refractivity contribution in [3.63, 3.8) is 0 Å². The van der Waals surface area contributed by atoms with Gasteiger partial charge in [-0.05, 0) is 40.4 Å². The Labute approximate surface area is 94.7 Å². The summed E-state index contributed by atoms with van der Waals surface area (Å²) in [5, 5.41) is 17.6. The number of carboxylic acid groups (broad SMARTS) is 1. The molecule has 1 aromatic carbocycles. The molecule has 0 aromatic heterocycles. The van der Waals surface area contributed by atoms with Crippen molar-refractivity contribution in [2.45, 2.75) is 19.3 Å². The first kappa shape index (κ1) is 12.0. The average molecular weight is 277 g/mol. The van der Waals surface area contributed by atoms with E-state index >= 15 is 0 Å². The van der Waals surface area contributed by atoms with Gasteiger partial charge >= 0.3 is 5.97 Å². The average Bonchev–Trinajstić information content (AvgIpc) is 2.13. The zero-order valence-electron chi connectivity index (χ0n) is 7.83. The normalized spacial score (nSPS) is 10.3. The molecular weight excluding hydrogens is 267 g/mol. The molecule has 0 aliphatic heterocycles. The van der Waals surface area contributed by atoms with E-state index in [-0.39, 0.29) is 12.2 Å². The first-order valence-corrected chi connectivity index (χ1v) is 5.18. The first-order chi connectivity index (χ1) is 7.00. The number of aliphatic carboxylic acids is 1. The minimum Gasteiger partial charge on any atom is -0.507 e. The smallest absolute Gasteiger partial charge is 0.303 e. The van der Waals surface area contributed by atoms with E-state index in [9.17, 15) is 9.18 Å². The van der Waals surface area contributed by atoms with Gasteiger partial charge in [0.25, 0.3) is 0 Å². The molecule has 3 nitrogen and oxygen atoms in total. The van der Waals surface area contributed by atoms with Crippen LogP contribution in [0.1, 0.15) is 18.4 Å². The van der Waals surface area contributed by atoms with Crippen LogP contribution in [-0.4, -0.2) is 16.2 Å². The van der Waals surface area contributed by atoms with Crippen LogP contribution in [0, 0.1) is 5.82 Å². The minimum atomic E-state index is -0.895. The zero-order valence-corrected chi connectivity index (χ0v) is 9.42. The molecule has 0 bridgehead atoms. The highest BCUT2D eigenvalue weighted by Gasteiger charge is 2.08. The van der Waals surface area contributed by atoms with Crippen LogP contribution in [-0.2, 0) is 11.2 Å². The van der Waals surface area contributed by atoms with Gasteiger partial charge in [0.1, 0.15) is 11.6 Å². The third-order valence-corrected chi connectivity index (χ3v) is 2.59. The Hall–Kier alpha value is -1.10. The Kier molecular flexibility index (Phi) is 4.08. The topological polar surface area (TPSA) is 57.5 Å². The molecule has 0 heterocycles. The van der Waals surface area contributed by atoms with Gasteiger partial charge in [-0.25, -0.2) is 4.39 Å². The molecule has 82 valence electrons. The van der Waals surface area contributed by atoms with Gasteiger partial charge in [0.05, 0.1) is 4.47 Å². The number of hydrogen-bond acceptors (Lipinski definition) is 2. The molecular formula is C10H10BrFO3. The molecule has 15 heavy (non-hydrogen) atoms. The number of benzene rings is 1. The van der Waals surface area contributed by atoms with E-state index in [1.54, 1.807) is 0 Å². The summed E-state index contributed by atoms with van der Waals surface area (Å²) in [6.45, 7) is 0. The van der Waals surface area contributed by atoms with Gasteiger partial charge in [0, 0.05) is 12.5 Å². The summed E-state index contributed by atoms with van der Waals surface area (Å²) in [6.07, 6.45) is 0.735. The molecule has 2 N–H and O–H groups in total. The second-order valence-electron chi connectivity index (χ2n) is 3.14. The molecule has 0 aliphatic rings. The van der Waals surface area contributed by atoms with E-state index in [1.807, 2.05) is 0 Å². The largest absolute Gasteiger partial charge is 0.507 e. The van der Waals surface area contributed by atoms with Crippen LogP contribution in [0.4, 0.5) is 4.39 Å². The number of carbonyl (C=O) groups is 1. The lowest BCUT2D eigenvalue weighted by atomic mass is 10.1. The van der Waals surface area contributed by atoms with Crippen LogP contribution in [0.15, 0.2) is 16.6 Å². The van der Waals surface area contributed by atoms with E-state index in [0.717, 1.165) is 6.07 Å². The number of hydrogen-bond donors (Lipinski definition) is 2. The maximum Gasteiger partial charge on any atom is 0.303 e. The summed E-state index contributed by atoms with van der Waals surface area (Å²) < 4.78 is 13.6. The maximum absolute atomic E-state index is 13.2. The third kappa shape index (κ3) is 3.51.